The van der Waals surface area contributed by atoms with Crippen LogP contribution in [-0.4, -0.2) is 28.5 Å². The van der Waals surface area contributed by atoms with E-state index < -0.39 is 0 Å². The maximum atomic E-state index is 11.9. The van der Waals surface area contributed by atoms with Crippen molar-refractivity contribution in [3.63, 3.8) is 0 Å². The number of benzene rings is 1. The van der Waals surface area contributed by atoms with E-state index in [0.29, 0.717) is 41.8 Å². The molecule has 0 atom stereocenters. The highest BCUT2D eigenvalue weighted by Gasteiger charge is 2.09. The van der Waals surface area contributed by atoms with Crippen LogP contribution in [0.3, 0.4) is 0 Å². The molecule has 134 valence electrons. The van der Waals surface area contributed by atoms with Gasteiger partial charge in [-0.25, -0.2) is 0 Å². The summed E-state index contributed by atoms with van der Waals surface area (Å²) >= 11 is 1.42. The minimum absolute atomic E-state index is 0.0245. The molecule has 2 rings (SSSR count). The molecule has 1 heterocycles. The molecule has 0 saturated heterocycles. The molecule has 0 aliphatic carbocycles. The molecule has 7 heteroatoms. The van der Waals surface area contributed by atoms with Crippen molar-refractivity contribution in [3.8, 4) is 5.75 Å². The lowest BCUT2D eigenvalue weighted by molar-refractivity contribution is -0.116. The van der Waals surface area contributed by atoms with Gasteiger partial charge in [-0.05, 0) is 43.5 Å². The van der Waals surface area contributed by atoms with Gasteiger partial charge in [0.25, 0.3) is 0 Å². The molecule has 0 fully saturated rings. The number of nitrogens with one attached hydrogen (secondary N) is 1. The van der Waals surface area contributed by atoms with Crippen molar-refractivity contribution < 1.29 is 14.3 Å². The average molecular weight is 361 g/mol. The minimum Gasteiger partial charge on any atom is -0.494 e. The summed E-state index contributed by atoms with van der Waals surface area (Å²) in [5.41, 5.74) is 0.653. The third-order valence-electron chi connectivity index (χ3n) is 3.37. The molecule has 6 nitrogen and oxygen atoms in total. The first-order valence-electron chi connectivity index (χ1n) is 8.30. The van der Waals surface area contributed by atoms with Gasteiger partial charge in [-0.1, -0.05) is 25.2 Å². The second-order valence-electron chi connectivity index (χ2n) is 6.18. The number of hydrogen-bond donors (Lipinski definition) is 1. The quantitative estimate of drug-likeness (QED) is 0.543. The summed E-state index contributed by atoms with van der Waals surface area (Å²) in [7, 11) is 0. The number of rotatable bonds is 9. The highest BCUT2D eigenvalue weighted by molar-refractivity contribution is 7.15. The summed E-state index contributed by atoms with van der Waals surface area (Å²) in [5, 5.41) is 12.3. The lowest BCUT2D eigenvalue weighted by Gasteiger charge is -2.06. The van der Waals surface area contributed by atoms with Gasteiger partial charge in [-0.2, -0.15) is 0 Å². The number of carbonyl (C=O) groups is 2. The van der Waals surface area contributed by atoms with Crippen LogP contribution in [0.25, 0.3) is 0 Å². The predicted octanol–water partition coefficient (Wildman–Crippen LogP) is 3.74. The van der Waals surface area contributed by atoms with E-state index in [-0.39, 0.29) is 11.7 Å². The Morgan fingerprint density at radius 2 is 1.92 bits per heavy atom. The topological polar surface area (TPSA) is 81.2 Å². The van der Waals surface area contributed by atoms with Gasteiger partial charge >= 0.3 is 0 Å². The third kappa shape index (κ3) is 6.62. The molecule has 0 bridgehead atoms. The summed E-state index contributed by atoms with van der Waals surface area (Å²) in [4.78, 5) is 23.1. The Morgan fingerprint density at radius 1 is 1.20 bits per heavy atom. The summed E-state index contributed by atoms with van der Waals surface area (Å²) in [5.74, 6) is 1.13. The fraction of sp³-hybridized carbons (Fsp3) is 0.444. The molecule has 0 aliphatic heterocycles. The second kappa shape index (κ2) is 9.27. The van der Waals surface area contributed by atoms with Crippen molar-refractivity contribution in [2.24, 2.45) is 5.92 Å². The summed E-state index contributed by atoms with van der Waals surface area (Å²) < 4.78 is 5.57. The first-order chi connectivity index (χ1) is 11.9. The number of anilines is 1. The molecular weight excluding hydrogens is 338 g/mol. The maximum Gasteiger partial charge on any atom is 0.226 e. The van der Waals surface area contributed by atoms with Crippen molar-refractivity contribution in [2.75, 3.05) is 11.9 Å². The van der Waals surface area contributed by atoms with Gasteiger partial charge in [0, 0.05) is 18.4 Å². The Kier molecular flexibility index (Phi) is 7.06. The van der Waals surface area contributed by atoms with Crippen LogP contribution in [0.1, 0.15) is 49.0 Å². The lowest BCUT2D eigenvalue weighted by Crippen LogP contribution is -2.12. The van der Waals surface area contributed by atoms with Gasteiger partial charge in [0.2, 0.25) is 11.0 Å². The van der Waals surface area contributed by atoms with Crippen LogP contribution in [0.15, 0.2) is 24.3 Å². The van der Waals surface area contributed by atoms with Crippen molar-refractivity contribution >= 4 is 28.2 Å². The molecule has 0 spiro atoms. The molecular formula is C18H23N3O3S. The monoisotopic (exact) mass is 361 g/mol. The zero-order valence-corrected chi connectivity index (χ0v) is 15.6. The van der Waals surface area contributed by atoms with E-state index in [1.807, 2.05) is 0 Å². The molecule has 0 saturated carbocycles. The van der Waals surface area contributed by atoms with Crippen LogP contribution in [0.5, 0.6) is 5.75 Å². The Balaban J connectivity index is 1.68. The smallest absolute Gasteiger partial charge is 0.226 e. The van der Waals surface area contributed by atoms with Crippen LogP contribution in [0, 0.1) is 5.92 Å². The van der Waals surface area contributed by atoms with E-state index >= 15 is 0 Å². The third-order valence-corrected chi connectivity index (χ3v) is 4.23. The first-order valence-corrected chi connectivity index (χ1v) is 9.11. The maximum absolute atomic E-state index is 11.9. The van der Waals surface area contributed by atoms with E-state index in [1.54, 1.807) is 24.3 Å². The Labute approximate surface area is 151 Å². The van der Waals surface area contributed by atoms with Crippen LogP contribution in [0.2, 0.25) is 0 Å². The highest BCUT2D eigenvalue weighted by Crippen LogP contribution is 2.18. The van der Waals surface area contributed by atoms with Crippen LogP contribution in [-0.2, 0) is 11.2 Å². The lowest BCUT2D eigenvalue weighted by atomic mass is 10.1. The number of hydrogen-bond acceptors (Lipinski definition) is 6. The SMILES string of the molecule is CC(=O)c1ccc(OCCCC(=O)Nc2nnc(CC(C)C)s2)cc1. The summed E-state index contributed by atoms with van der Waals surface area (Å²) in [6.45, 7) is 6.19. The van der Waals surface area contributed by atoms with Crippen molar-refractivity contribution in [1.82, 2.24) is 10.2 Å². The molecule has 1 N–H and O–H groups in total. The van der Waals surface area contributed by atoms with E-state index in [0.717, 1.165) is 11.4 Å². The fourth-order valence-electron chi connectivity index (χ4n) is 2.13. The number of aromatic nitrogens is 2. The molecule has 1 amide bonds. The minimum atomic E-state index is -0.0947. The van der Waals surface area contributed by atoms with Crippen molar-refractivity contribution in [2.45, 2.75) is 40.0 Å². The molecule has 2 aromatic rings. The molecule has 1 aromatic heterocycles. The first kappa shape index (κ1) is 19.1. The van der Waals surface area contributed by atoms with Gasteiger partial charge in [-0.3, -0.25) is 9.59 Å². The van der Waals surface area contributed by atoms with E-state index in [4.69, 9.17) is 4.74 Å². The predicted molar refractivity (Wildman–Crippen MR) is 98.3 cm³/mol. The zero-order chi connectivity index (χ0) is 18.2. The standard InChI is InChI=1S/C18H23N3O3S/c1-12(2)11-17-20-21-18(25-17)19-16(23)5-4-10-24-15-8-6-14(7-9-15)13(3)22/h6-9,12H,4-5,10-11H2,1-3H3,(H,19,21,23). The number of carbonyl (C=O) groups excluding carboxylic acids is 2. The number of ether oxygens (including phenoxy) is 1. The number of amides is 1. The highest BCUT2D eigenvalue weighted by atomic mass is 32.1. The van der Waals surface area contributed by atoms with Gasteiger partial charge < -0.3 is 10.1 Å². The Hall–Kier alpha value is -2.28. The zero-order valence-electron chi connectivity index (χ0n) is 14.7. The Bertz CT molecular complexity index is 711. The van der Waals surface area contributed by atoms with E-state index in [1.165, 1.54) is 18.3 Å². The van der Waals surface area contributed by atoms with Crippen LogP contribution >= 0.6 is 11.3 Å². The van der Waals surface area contributed by atoms with Crippen molar-refractivity contribution in [3.05, 3.63) is 34.8 Å². The van der Waals surface area contributed by atoms with E-state index in [9.17, 15) is 9.59 Å². The van der Waals surface area contributed by atoms with Gasteiger partial charge in [0.1, 0.15) is 10.8 Å². The molecule has 0 unspecified atom stereocenters. The fourth-order valence-corrected chi connectivity index (χ4v) is 3.09. The number of ketones is 1. The van der Waals surface area contributed by atoms with Crippen LogP contribution in [0.4, 0.5) is 5.13 Å². The molecule has 0 aliphatic rings. The van der Waals surface area contributed by atoms with Crippen LogP contribution < -0.4 is 10.1 Å². The normalized spacial score (nSPS) is 10.7. The van der Waals surface area contributed by atoms with Gasteiger partial charge in [0.05, 0.1) is 6.61 Å². The van der Waals surface area contributed by atoms with Crippen molar-refractivity contribution in [1.29, 1.82) is 0 Å². The van der Waals surface area contributed by atoms with E-state index in [2.05, 4.69) is 29.4 Å². The summed E-state index contributed by atoms with van der Waals surface area (Å²) in [6.07, 6.45) is 1.81. The van der Waals surface area contributed by atoms with Gasteiger partial charge in [-0.15, -0.1) is 10.2 Å². The largest absolute Gasteiger partial charge is 0.494 e. The molecule has 25 heavy (non-hydrogen) atoms. The molecule has 0 radical (unpaired) electrons. The number of nitrogens with zero attached hydrogens (tertiary/aromatic N) is 2. The number of Topliss-reactive ketones (excluding diaryl/α,β-unsaturated/α-hetero) is 1. The Morgan fingerprint density at radius 3 is 2.56 bits per heavy atom. The summed E-state index contributed by atoms with van der Waals surface area (Å²) in [6, 6.07) is 6.98. The molecule has 1 aromatic carbocycles. The second-order valence-corrected chi connectivity index (χ2v) is 7.24. The van der Waals surface area contributed by atoms with Gasteiger partial charge in [0.15, 0.2) is 5.78 Å². The average Bonchev–Trinajstić information content (AvgIpc) is 2.98.